The third kappa shape index (κ3) is 2.66. The van der Waals surface area contributed by atoms with E-state index in [4.69, 9.17) is 9.15 Å². The number of allylic oxidation sites excluding steroid dienone is 1. The molecule has 0 aromatic carbocycles. The molecule has 0 saturated carbocycles. The lowest BCUT2D eigenvalue weighted by Gasteiger charge is -2.28. The molecule has 0 aliphatic carbocycles. The number of carbonyl (C=O) groups is 1. The second kappa shape index (κ2) is 5.36. The van der Waals surface area contributed by atoms with Crippen molar-refractivity contribution < 1.29 is 13.9 Å². The summed E-state index contributed by atoms with van der Waals surface area (Å²) in [6, 6.07) is 0. The van der Waals surface area contributed by atoms with Gasteiger partial charge in [0.2, 0.25) is 5.89 Å². The van der Waals surface area contributed by atoms with Crippen molar-refractivity contribution in [2.75, 3.05) is 13.1 Å². The third-order valence-electron chi connectivity index (χ3n) is 3.26. The van der Waals surface area contributed by atoms with Gasteiger partial charge in [-0.25, -0.2) is 4.79 Å². The number of rotatable bonds is 2. The summed E-state index contributed by atoms with van der Waals surface area (Å²) in [6.07, 6.45) is 5.35. The molecule has 3 heterocycles. The van der Waals surface area contributed by atoms with Crippen molar-refractivity contribution in [1.82, 2.24) is 20.4 Å². The van der Waals surface area contributed by atoms with Gasteiger partial charge in [-0.2, -0.15) is 0 Å². The molecule has 0 saturated heterocycles. The minimum absolute atomic E-state index is 0.00579. The van der Waals surface area contributed by atoms with Crippen LogP contribution in [-0.4, -0.2) is 34.3 Å². The monoisotopic (exact) mass is 276 g/mol. The smallest absolute Gasteiger partial charge is 0.414 e. The maximum atomic E-state index is 12.0. The van der Waals surface area contributed by atoms with E-state index in [-0.39, 0.29) is 6.61 Å². The average molecular weight is 276 g/mol. The first-order valence-corrected chi connectivity index (χ1v) is 6.59. The van der Waals surface area contributed by atoms with Crippen LogP contribution in [-0.2, 0) is 11.3 Å². The number of nitrogens with one attached hydrogen (secondary N) is 1. The Morgan fingerprint density at radius 1 is 1.55 bits per heavy atom. The van der Waals surface area contributed by atoms with Gasteiger partial charge in [-0.1, -0.05) is 0 Å². The fourth-order valence-corrected chi connectivity index (χ4v) is 2.28. The van der Waals surface area contributed by atoms with Gasteiger partial charge in [-0.3, -0.25) is 4.90 Å². The van der Waals surface area contributed by atoms with Crippen molar-refractivity contribution in [2.24, 2.45) is 0 Å². The van der Waals surface area contributed by atoms with Gasteiger partial charge < -0.3 is 14.5 Å². The van der Waals surface area contributed by atoms with Crippen molar-refractivity contribution in [3.8, 4) is 0 Å². The van der Waals surface area contributed by atoms with Crippen LogP contribution in [0, 0.1) is 6.92 Å². The number of amides is 1. The van der Waals surface area contributed by atoms with Gasteiger partial charge in [0.05, 0.1) is 6.54 Å². The molecule has 20 heavy (non-hydrogen) atoms. The first-order valence-electron chi connectivity index (χ1n) is 6.59. The first-order chi connectivity index (χ1) is 9.72. The van der Waals surface area contributed by atoms with Crippen molar-refractivity contribution in [3.05, 3.63) is 35.3 Å². The highest BCUT2D eigenvalue weighted by molar-refractivity contribution is 5.70. The zero-order valence-electron chi connectivity index (χ0n) is 11.3. The van der Waals surface area contributed by atoms with Crippen LogP contribution < -0.4 is 5.32 Å². The molecular formula is C13H16N4O3. The SMILES string of the molecule is Cc1nnc(COC(=O)N2C=CC3=C(CCCN3)C2)o1. The molecule has 1 aromatic heterocycles. The van der Waals surface area contributed by atoms with Crippen LogP contribution in [0.25, 0.3) is 0 Å². The van der Waals surface area contributed by atoms with Gasteiger partial charge in [0.15, 0.2) is 6.61 Å². The Bertz CT molecular complexity index is 576. The molecule has 0 spiro atoms. The second-order valence-electron chi connectivity index (χ2n) is 4.76. The Labute approximate surface area is 116 Å². The molecule has 7 heteroatoms. The lowest BCUT2D eigenvalue weighted by molar-refractivity contribution is 0.103. The largest absolute Gasteiger partial charge is 0.439 e. The predicted molar refractivity (Wildman–Crippen MR) is 69.3 cm³/mol. The number of aromatic nitrogens is 2. The van der Waals surface area contributed by atoms with Gasteiger partial charge in [0.25, 0.3) is 5.89 Å². The highest BCUT2D eigenvalue weighted by Gasteiger charge is 2.22. The van der Waals surface area contributed by atoms with E-state index in [1.54, 1.807) is 18.0 Å². The quantitative estimate of drug-likeness (QED) is 0.881. The van der Waals surface area contributed by atoms with Crippen LogP contribution in [0.2, 0.25) is 0 Å². The van der Waals surface area contributed by atoms with Gasteiger partial charge in [0.1, 0.15) is 0 Å². The molecule has 2 aliphatic rings. The van der Waals surface area contributed by atoms with Crippen molar-refractivity contribution in [2.45, 2.75) is 26.4 Å². The third-order valence-corrected chi connectivity index (χ3v) is 3.26. The van der Waals surface area contributed by atoms with E-state index in [1.165, 1.54) is 5.57 Å². The van der Waals surface area contributed by atoms with Crippen LogP contribution in [0.5, 0.6) is 0 Å². The van der Waals surface area contributed by atoms with Gasteiger partial charge in [-0.05, 0) is 24.5 Å². The van der Waals surface area contributed by atoms with Crippen molar-refractivity contribution in [3.63, 3.8) is 0 Å². The second-order valence-corrected chi connectivity index (χ2v) is 4.76. The summed E-state index contributed by atoms with van der Waals surface area (Å²) in [5, 5.41) is 10.8. The van der Waals surface area contributed by atoms with Crippen LogP contribution in [0.4, 0.5) is 4.79 Å². The van der Waals surface area contributed by atoms with E-state index in [0.717, 1.165) is 25.1 Å². The maximum Gasteiger partial charge on any atom is 0.414 e. The summed E-state index contributed by atoms with van der Waals surface area (Å²) in [6.45, 7) is 3.24. The van der Waals surface area contributed by atoms with Crippen LogP contribution in [0.15, 0.2) is 28.0 Å². The van der Waals surface area contributed by atoms with Crippen molar-refractivity contribution >= 4 is 6.09 Å². The van der Waals surface area contributed by atoms with Crippen LogP contribution in [0.3, 0.4) is 0 Å². The summed E-state index contributed by atoms with van der Waals surface area (Å²) in [4.78, 5) is 13.5. The number of hydrogen-bond donors (Lipinski definition) is 1. The van der Waals surface area contributed by atoms with Gasteiger partial charge in [-0.15, -0.1) is 10.2 Å². The standard InChI is InChI=1S/C13H16N4O3/c1-9-15-16-12(20-9)8-19-13(18)17-6-4-11-10(7-17)3-2-5-14-11/h4,6,14H,2-3,5,7-8H2,1H3. The van der Waals surface area contributed by atoms with Gasteiger partial charge in [0, 0.05) is 25.4 Å². The predicted octanol–water partition coefficient (Wildman–Crippen LogP) is 1.48. The Morgan fingerprint density at radius 2 is 2.45 bits per heavy atom. The molecule has 0 atom stereocenters. The molecule has 3 rings (SSSR count). The highest BCUT2D eigenvalue weighted by atomic mass is 16.6. The number of aryl methyl sites for hydroxylation is 1. The number of carbonyl (C=O) groups excluding carboxylic acids is 1. The number of ether oxygens (including phenoxy) is 1. The molecule has 0 radical (unpaired) electrons. The number of nitrogens with zero attached hydrogens (tertiary/aromatic N) is 3. The van der Waals surface area contributed by atoms with Crippen LogP contribution in [0.1, 0.15) is 24.6 Å². The topological polar surface area (TPSA) is 80.5 Å². The molecule has 7 nitrogen and oxygen atoms in total. The van der Waals surface area contributed by atoms with E-state index in [0.29, 0.717) is 18.3 Å². The van der Waals surface area contributed by atoms with Crippen LogP contribution >= 0.6 is 0 Å². The summed E-state index contributed by atoms with van der Waals surface area (Å²) < 4.78 is 10.3. The highest BCUT2D eigenvalue weighted by Crippen LogP contribution is 2.21. The normalized spacial score (nSPS) is 17.8. The lowest BCUT2D eigenvalue weighted by Crippen LogP contribution is -2.34. The Balaban J connectivity index is 1.56. The fraction of sp³-hybridized carbons (Fsp3) is 0.462. The molecule has 0 bridgehead atoms. The average Bonchev–Trinajstić information content (AvgIpc) is 2.90. The Kier molecular flexibility index (Phi) is 3.41. The summed E-state index contributed by atoms with van der Waals surface area (Å²) >= 11 is 0. The summed E-state index contributed by atoms with van der Waals surface area (Å²) in [5.41, 5.74) is 2.37. The maximum absolute atomic E-state index is 12.0. The molecule has 0 fully saturated rings. The first kappa shape index (κ1) is 12.7. The van der Waals surface area contributed by atoms with E-state index >= 15 is 0 Å². The Morgan fingerprint density at radius 3 is 3.25 bits per heavy atom. The molecule has 106 valence electrons. The van der Waals surface area contributed by atoms with E-state index in [9.17, 15) is 4.79 Å². The van der Waals surface area contributed by atoms with Gasteiger partial charge >= 0.3 is 6.09 Å². The molecule has 1 amide bonds. The minimum Gasteiger partial charge on any atom is -0.439 e. The summed E-state index contributed by atoms with van der Waals surface area (Å²) in [5.74, 6) is 0.757. The molecule has 0 unspecified atom stereocenters. The van der Waals surface area contributed by atoms with E-state index < -0.39 is 6.09 Å². The van der Waals surface area contributed by atoms with Crippen molar-refractivity contribution in [1.29, 1.82) is 0 Å². The zero-order valence-corrected chi connectivity index (χ0v) is 11.3. The lowest BCUT2D eigenvalue weighted by atomic mass is 10.0. The molecule has 1 N–H and O–H groups in total. The van der Waals surface area contributed by atoms with E-state index in [1.807, 2.05) is 6.08 Å². The molecule has 2 aliphatic heterocycles. The number of hydrogen-bond acceptors (Lipinski definition) is 6. The fourth-order valence-electron chi connectivity index (χ4n) is 2.28. The van der Waals surface area contributed by atoms with E-state index in [2.05, 4.69) is 15.5 Å². The zero-order chi connectivity index (χ0) is 13.9. The molecule has 1 aromatic rings. The molecular weight excluding hydrogens is 260 g/mol. The minimum atomic E-state index is -0.408. The Hall–Kier alpha value is -2.31. The summed E-state index contributed by atoms with van der Waals surface area (Å²) in [7, 11) is 0.